The highest BCUT2D eigenvalue weighted by atomic mass is 79.9. The van der Waals surface area contributed by atoms with Crippen LogP contribution in [0.4, 0.5) is 11.6 Å². The number of nitrogens with zero attached hydrogens (tertiary/aromatic N) is 3. The molecule has 0 radical (unpaired) electrons. The second-order valence-corrected chi connectivity index (χ2v) is 5.88. The molecule has 1 heterocycles. The third-order valence-corrected chi connectivity index (χ3v) is 3.03. The van der Waals surface area contributed by atoms with Crippen LogP contribution < -0.4 is 10.6 Å². The van der Waals surface area contributed by atoms with Gasteiger partial charge in [0.15, 0.2) is 0 Å². The molecule has 4 nitrogen and oxygen atoms in total. The van der Waals surface area contributed by atoms with Crippen molar-refractivity contribution in [1.29, 1.82) is 0 Å². The first-order valence-electron chi connectivity index (χ1n) is 5.92. The molecule has 0 atom stereocenters. The molecule has 2 N–H and O–H groups in total. The quantitative estimate of drug-likeness (QED) is 0.908. The maximum atomic E-state index is 5.80. The molecule has 0 aromatic carbocycles. The van der Waals surface area contributed by atoms with E-state index in [1.807, 2.05) is 0 Å². The van der Waals surface area contributed by atoms with Crippen molar-refractivity contribution >= 4 is 27.6 Å². The number of hydrogen-bond acceptors (Lipinski definition) is 4. The first-order chi connectivity index (χ1) is 7.91. The minimum Gasteiger partial charge on any atom is -0.383 e. The van der Waals surface area contributed by atoms with Crippen LogP contribution in [-0.4, -0.2) is 23.1 Å². The first kappa shape index (κ1) is 14.2. The Morgan fingerprint density at radius 2 is 1.71 bits per heavy atom. The zero-order chi connectivity index (χ0) is 13.0. The molecule has 1 aromatic rings. The SMILES string of the molecule is CC(C)CN(CC(C)C)c1ncnc(N)c1Br. The van der Waals surface area contributed by atoms with Crippen LogP contribution >= 0.6 is 15.9 Å². The topological polar surface area (TPSA) is 55.0 Å². The van der Waals surface area contributed by atoms with Gasteiger partial charge in [-0.25, -0.2) is 9.97 Å². The highest BCUT2D eigenvalue weighted by Gasteiger charge is 2.16. The van der Waals surface area contributed by atoms with Gasteiger partial charge in [-0.05, 0) is 27.8 Å². The van der Waals surface area contributed by atoms with Gasteiger partial charge < -0.3 is 10.6 Å². The van der Waals surface area contributed by atoms with E-state index in [-0.39, 0.29) is 0 Å². The molecule has 0 aliphatic carbocycles. The Morgan fingerprint density at radius 3 is 2.18 bits per heavy atom. The molecule has 0 amide bonds. The summed E-state index contributed by atoms with van der Waals surface area (Å²) in [6.45, 7) is 10.7. The van der Waals surface area contributed by atoms with Crippen molar-refractivity contribution in [3.63, 3.8) is 0 Å². The molecule has 0 saturated heterocycles. The fourth-order valence-electron chi connectivity index (χ4n) is 1.72. The minimum absolute atomic E-state index is 0.493. The Labute approximate surface area is 112 Å². The van der Waals surface area contributed by atoms with Crippen LogP contribution in [0.5, 0.6) is 0 Å². The Kier molecular flexibility index (Phi) is 5.18. The maximum Gasteiger partial charge on any atom is 0.148 e. The van der Waals surface area contributed by atoms with Crippen molar-refractivity contribution in [2.45, 2.75) is 27.7 Å². The van der Waals surface area contributed by atoms with Gasteiger partial charge >= 0.3 is 0 Å². The molecule has 0 unspecified atom stereocenters. The molecule has 0 aliphatic rings. The monoisotopic (exact) mass is 300 g/mol. The number of nitrogen functional groups attached to an aromatic ring is 1. The van der Waals surface area contributed by atoms with Gasteiger partial charge in [0.05, 0.1) is 0 Å². The molecule has 1 aromatic heterocycles. The van der Waals surface area contributed by atoms with Crippen LogP contribution in [0.25, 0.3) is 0 Å². The lowest BCUT2D eigenvalue weighted by molar-refractivity contribution is 0.548. The normalized spacial score (nSPS) is 11.2. The second-order valence-electron chi connectivity index (χ2n) is 5.09. The van der Waals surface area contributed by atoms with E-state index in [0.29, 0.717) is 17.7 Å². The van der Waals surface area contributed by atoms with Crippen LogP contribution in [0.2, 0.25) is 0 Å². The van der Waals surface area contributed by atoms with E-state index in [0.717, 1.165) is 23.4 Å². The molecule has 96 valence electrons. The van der Waals surface area contributed by atoms with E-state index in [9.17, 15) is 0 Å². The van der Waals surface area contributed by atoms with Crippen molar-refractivity contribution in [3.05, 3.63) is 10.8 Å². The Bertz CT molecular complexity index is 356. The van der Waals surface area contributed by atoms with Crippen molar-refractivity contribution < 1.29 is 0 Å². The molecular formula is C12H21BrN4. The average molecular weight is 301 g/mol. The number of nitrogens with two attached hydrogens (primary N) is 1. The fraction of sp³-hybridized carbons (Fsp3) is 0.667. The Balaban J connectivity index is 2.99. The summed E-state index contributed by atoms with van der Waals surface area (Å²) < 4.78 is 0.793. The predicted molar refractivity (Wildman–Crippen MR) is 76.0 cm³/mol. The van der Waals surface area contributed by atoms with Crippen LogP contribution in [-0.2, 0) is 0 Å². The molecule has 17 heavy (non-hydrogen) atoms. The second kappa shape index (κ2) is 6.19. The number of hydrogen-bond donors (Lipinski definition) is 1. The van der Waals surface area contributed by atoms with Crippen molar-refractivity contribution in [2.75, 3.05) is 23.7 Å². The molecule has 0 fully saturated rings. The third-order valence-electron chi connectivity index (χ3n) is 2.27. The van der Waals surface area contributed by atoms with Gasteiger partial charge in [0.25, 0.3) is 0 Å². The summed E-state index contributed by atoms with van der Waals surface area (Å²) in [7, 11) is 0. The zero-order valence-corrected chi connectivity index (χ0v) is 12.5. The lowest BCUT2D eigenvalue weighted by Gasteiger charge is -2.28. The van der Waals surface area contributed by atoms with Crippen LogP contribution in [0.15, 0.2) is 10.8 Å². The van der Waals surface area contributed by atoms with Gasteiger partial charge in [-0.1, -0.05) is 27.7 Å². The van der Waals surface area contributed by atoms with Gasteiger partial charge in [0, 0.05) is 13.1 Å². The van der Waals surface area contributed by atoms with Gasteiger partial charge in [0.2, 0.25) is 0 Å². The van der Waals surface area contributed by atoms with E-state index < -0.39 is 0 Å². The molecule has 5 heteroatoms. The van der Waals surface area contributed by atoms with Crippen LogP contribution in [0, 0.1) is 11.8 Å². The summed E-state index contributed by atoms with van der Waals surface area (Å²) in [4.78, 5) is 10.6. The van der Waals surface area contributed by atoms with Gasteiger partial charge in [-0.3, -0.25) is 0 Å². The fourth-order valence-corrected chi connectivity index (χ4v) is 2.18. The highest BCUT2D eigenvalue weighted by Crippen LogP contribution is 2.28. The smallest absolute Gasteiger partial charge is 0.148 e. The van der Waals surface area contributed by atoms with Crippen LogP contribution in [0.3, 0.4) is 0 Å². The highest BCUT2D eigenvalue weighted by molar-refractivity contribution is 9.10. The molecular weight excluding hydrogens is 280 g/mol. The van der Waals surface area contributed by atoms with E-state index in [2.05, 4.69) is 58.5 Å². The van der Waals surface area contributed by atoms with E-state index >= 15 is 0 Å². The summed E-state index contributed by atoms with van der Waals surface area (Å²) in [6.07, 6.45) is 1.52. The molecule has 0 spiro atoms. The first-order valence-corrected chi connectivity index (χ1v) is 6.72. The Morgan fingerprint density at radius 1 is 1.18 bits per heavy atom. The summed E-state index contributed by atoms with van der Waals surface area (Å²) in [5, 5.41) is 0. The van der Waals surface area contributed by atoms with E-state index in [1.54, 1.807) is 0 Å². The van der Waals surface area contributed by atoms with Gasteiger partial charge in [0.1, 0.15) is 22.4 Å². The lowest BCUT2D eigenvalue weighted by Crippen LogP contribution is -2.32. The maximum absolute atomic E-state index is 5.80. The third kappa shape index (κ3) is 4.15. The summed E-state index contributed by atoms with van der Waals surface area (Å²) in [5.41, 5.74) is 5.80. The van der Waals surface area contributed by atoms with E-state index in [4.69, 9.17) is 5.73 Å². The molecule has 0 saturated carbocycles. The number of halogens is 1. The van der Waals surface area contributed by atoms with Gasteiger partial charge in [-0.2, -0.15) is 0 Å². The van der Waals surface area contributed by atoms with Crippen molar-refractivity contribution in [3.8, 4) is 0 Å². The summed E-state index contributed by atoms with van der Waals surface area (Å²) >= 11 is 3.47. The standard InChI is InChI=1S/C12H21BrN4/c1-8(2)5-17(6-9(3)4)12-10(13)11(14)15-7-16-12/h7-9H,5-6H2,1-4H3,(H2,14,15,16). The van der Waals surface area contributed by atoms with E-state index in [1.165, 1.54) is 6.33 Å². The average Bonchev–Trinajstić information content (AvgIpc) is 2.19. The van der Waals surface area contributed by atoms with Crippen LogP contribution in [0.1, 0.15) is 27.7 Å². The minimum atomic E-state index is 0.493. The summed E-state index contributed by atoms with van der Waals surface area (Å²) in [6, 6.07) is 0. The number of aromatic nitrogens is 2. The zero-order valence-electron chi connectivity index (χ0n) is 10.9. The molecule has 0 bridgehead atoms. The van der Waals surface area contributed by atoms with Gasteiger partial charge in [-0.15, -0.1) is 0 Å². The number of rotatable bonds is 5. The van der Waals surface area contributed by atoms with Crippen molar-refractivity contribution in [1.82, 2.24) is 9.97 Å². The molecule has 1 rings (SSSR count). The number of anilines is 2. The van der Waals surface area contributed by atoms with Crippen molar-refractivity contribution in [2.24, 2.45) is 11.8 Å². The Hall–Kier alpha value is -0.840. The predicted octanol–water partition coefficient (Wildman–Crippen LogP) is 2.94. The summed E-state index contributed by atoms with van der Waals surface area (Å²) in [5.74, 6) is 2.54. The molecule has 0 aliphatic heterocycles. The lowest BCUT2D eigenvalue weighted by atomic mass is 10.1. The largest absolute Gasteiger partial charge is 0.383 e.